The van der Waals surface area contributed by atoms with Gasteiger partial charge in [0.05, 0.1) is 0 Å². The molecule has 0 radical (unpaired) electrons. The lowest BCUT2D eigenvalue weighted by Crippen LogP contribution is -2.44. The van der Waals surface area contributed by atoms with E-state index in [1.807, 2.05) is 18.2 Å². The van der Waals surface area contributed by atoms with E-state index < -0.39 is 7.80 Å². The van der Waals surface area contributed by atoms with Gasteiger partial charge in [-0.05, 0) is 117 Å². The van der Waals surface area contributed by atoms with Crippen molar-refractivity contribution in [3.63, 3.8) is 0 Å². The number of rotatable bonds is 15. The summed E-state index contributed by atoms with van der Waals surface area (Å²) < 4.78 is 13.2. The van der Waals surface area contributed by atoms with Crippen LogP contribution in [0.5, 0.6) is 0 Å². The van der Waals surface area contributed by atoms with Crippen LogP contribution in [0.3, 0.4) is 0 Å². The third-order valence-electron chi connectivity index (χ3n) is 11.4. The summed E-state index contributed by atoms with van der Waals surface area (Å²) in [5.41, 5.74) is 4.41. The van der Waals surface area contributed by atoms with E-state index in [1.54, 1.807) is 11.1 Å². The standard InChI is InChI=1S/C38H56OP/c1-3-4-20-32(40(39)33-22-13-10-14-23-33)21-12-9-7-5-6-8-11-19-31-29-30-18-15-16-24-34(30)35-26-28-38(2)27-17-25-36(38)37(31)35/h10,13-16,18,22-24,31-32,35-37H,3-9,11-12,17,19-21,25-29H2,1-2H3/q+1/t31-,32?,35-,36+,37-,38+/m1/s1. The van der Waals surface area contributed by atoms with E-state index in [4.69, 9.17) is 0 Å². The molecule has 7 atom stereocenters. The van der Waals surface area contributed by atoms with E-state index in [0.717, 1.165) is 41.8 Å². The number of hydrogen-bond acceptors (Lipinski definition) is 1. The SMILES string of the molecule is CCCCC(CCCCCCCCC[C@@H]1Cc2ccccc2[C@H]2CC[C@]3(C)CCC[C@H]3[C@H]12)[P+](=O)c1ccccc1. The van der Waals surface area contributed by atoms with Crippen LogP contribution in [0.15, 0.2) is 54.6 Å². The minimum atomic E-state index is -1.27. The summed E-state index contributed by atoms with van der Waals surface area (Å²) in [4.78, 5) is 0. The predicted molar refractivity (Wildman–Crippen MR) is 173 cm³/mol. The van der Waals surface area contributed by atoms with E-state index in [1.165, 1.54) is 103 Å². The quantitative estimate of drug-likeness (QED) is 0.157. The monoisotopic (exact) mass is 559 g/mol. The largest absolute Gasteiger partial charge is 0.379 e. The van der Waals surface area contributed by atoms with Gasteiger partial charge in [0.2, 0.25) is 0 Å². The number of fused-ring (bicyclic) bond motifs is 5. The van der Waals surface area contributed by atoms with Crippen molar-refractivity contribution in [2.45, 2.75) is 141 Å². The minimum absolute atomic E-state index is 0.364. The number of hydrogen-bond donors (Lipinski definition) is 0. The molecule has 3 aliphatic carbocycles. The van der Waals surface area contributed by atoms with Crippen LogP contribution < -0.4 is 5.30 Å². The van der Waals surface area contributed by atoms with Gasteiger partial charge in [-0.2, -0.15) is 0 Å². The van der Waals surface area contributed by atoms with Gasteiger partial charge in [-0.25, -0.2) is 0 Å². The third-order valence-corrected chi connectivity index (χ3v) is 13.4. The third kappa shape index (κ3) is 7.12. The van der Waals surface area contributed by atoms with Crippen molar-refractivity contribution in [3.8, 4) is 0 Å². The molecule has 0 N–H and O–H groups in total. The van der Waals surface area contributed by atoms with Crippen LogP contribution in [0.4, 0.5) is 0 Å². The van der Waals surface area contributed by atoms with Gasteiger partial charge in [0.25, 0.3) is 0 Å². The first-order chi connectivity index (χ1) is 19.6. The Balaban J connectivity index is 1.03. The Labute approximate surface area is 247 Å². The van der Waals surface area contributed by atoms with Crippen molar-refractivity contribution in [2.24, 2.45) is 23.2 Å². The molecule has 0 aromatic heterocycles. The molecule has 5 rings (SSSR count). The van der Waals surface area contributed by atoms with Crippen LogP contribution in [0.2, 0.25) is 0 Å². The number of unbranched alkanes of at least 4 members (excludes halogenated alkanes) is 7. The molecule has 0 aliphatic heterocycles. The summed E-state index contributed by atoms with van der Waals surface area (Å²) in [6.07, 6.45) is 24.3. The molecular formula is C38H56OP+. The summed E-state index contributed by atoms with van der Waals surface area (Å²) in [6, 6.07) is 19.7. The Hall–Kier alpha value is -1.46. The molecule has 2 saturated carbocycles. The maximum atomic E-state index is 13.2. The lowest BCUT2D eigenvalue weighted by Gasteiger charge is -2.52. The first kappa shape index (κ1) is 30.0. The van der Waals surface area contributed by atoms with Gasteiger partial charge < -0.3 is 0 Å². The fourth-order valence-corrected chi connectivity index (χ4v) is 11.0. The zero-order valence-electron chi connectivity index (χ0n) is 25.7. The Morgan fingerprint density at radius 1 is 0.825 bits per heavy atom. The van der Waals surface area contributed by atoms with Crippen molar-refractivity contribution in [2.75, 3.05) is 0 Å². The van der Waals surface area contributed by atoms with Crippen LogP contribution in [-0.2, 0) is 11.0 Å². The zero-order chi connectivity index (χ0) is 27.8. The molecule has 3 aliphatic rings. The topological polar surface area (TPSA) is 17.1 Å². The van der Waals surface area contributed by atoms with Crippen molar-refractivity contribution in [1.82, 2.24) is 0 Å². The average molecular weight is 560 g/mol. The van der Waals surface area contributed by atoms with E-state index in [2.05, 4.69) is 50.2 Å². The second-order valence-corrected chi connectivity index (χ2v) is 15.9. The fourth-order valence-electron chi connectivity index (χ4n) is 9.27. The maximum Gasteiger partial charge on any atom is 0.379 e. The van der Waals surface area contributed by atoms with Gasteiger partial charge in [0.1, 0.15) is 0 Å². The van der Waals surface area contributed by atoms with Crippen LogP contribution in [0, 0.1) is 23.2 Å². The maximum absolute atomic E-state index is 13.2. The first-order valence-electron chi connectivity index (χ1n) is 17.2. The molecule has 1 nitrogen and oxygen atoms in total. The second-order valence-electron chi connectivity index (χ2n) is 14.0. The fraction of sp³-hybridized carbons (Fsp3) is 0.684. The van der Waals surface area contributed by atoms with Gasteiger partial charge in [0.15, 0.2) is 11.0 Å². The summed E-state index contributed by atoms with van der Waals surface area (Å²) in [5.74, 6) is 3.67. The van der Waals surface area contributed by atoms with E-state index in [0.29, 0.717) is 11.1 Å². The lowest BCUT2D eigenvalue weighted by molar-refractivity contribution is 0.0225. The molecule has 2 heteroatoms. The molecule has 2 fully saturated rings. The summed E-state index contributed by atoms with van der Waals surface area (Å²) in [6.45, 7) is 4.89. The summed E-state index contributed by atoms with van der Waals surface area (Å²) >= 11 is 0. The van der Waals surface area contributed by atoms with Crippen LogP contribution >= 0.6 is 7.80 Å². The zero-order valence-corrected chi connectivity index (χ0v) is 26.6. The van der Waals surface area contributed by atoms with Crippen molar-refractivity contribution in [3.05, 3.63) is 65.7 Å². The second kappa shape index (κ2) is 14.6. The highest BCUT2D eigenvalue weighted by molar-refractivity contribution is 7.54. The van der Waals surface area contributed by atoms with Crippen molar-refractivity contribution >= 4 is 13.1 Å². The molecule has 40 heavy (non-hydrogen) atoms. The van der Waals surface area contributed by atoms with Crippen LogP contribution in [0.25, 0.3) is 0 Å². The molecule has 0 heterocycles. The molecule has 0 bridgehead atoms. The molecule has 218 valence electrons. The summed E-state index contributed by atoms with van der Waals surface area (Å²) in [7, 11) is -1.27. The molecule has 2 unspecified atom stereocenters. The van der Waals surface area contributed by atoms with Gasteiger partial charge >= 0.3 is 7.80 Å². The first-order valence-corrected chi connectivity index (χ1v) is 18.5. The molecule has 0 amide bonds. The molecule has 0 spiro atoms. The molecule has 2 aromatic carbocycles. The van der Waals surface area contributed by atoms with E-state index in [-0.39, 0.29) is 0 Å². The highest BCUT2D eigenvalue weighted by Gasteiger charge is 2.52. The molecule has 0 saturated heterocycles. The predicted octanol–water partition coefficient (Wildman–Crippen LogP) is 11.4. The van der Waals surface area contributed by atoms with Crippen molar-refractivity contribution in [1.29, 1.82) is 0 Å². The van der Waals surface area contributed by atoms with Crippen molar-refractivity contribution < 1.29 is 4.57 Å². The normalized spacial score (nSPS) is 28.4. The molecular weight excluding hydrogens is 503 g/mol. The highest BCUT2D eigenvalue weighted by Crippen LogP contribution is 2.62. The van der Waals surface area contributed by atoms with Gasteiger partial charge in [-0.1, -0.05) is 112 Å². The number of benzene rings is 2. The van der Waals surface area contributed by atoms with Gasteiger partial charge in [-0.3, -0.25) is 0 Å². The van der Waals surface area contributed by atoms with Crippen LogP contribution in [0.1, 0.15) is 140 Å². The average Bonchev–Trinajstić information content (AvgIpc) is 3.39. The Kier molecular flexibility index (Phi) is 11.0. The lowest BCUT2D eigenvalue weighted by atomic mass is 9.52. The van der Waals surface area contributed by atoms with Gasteiger partial charge in [0, 0.05) is 0 Å². The summed E-state index contributed by atoms with van der Waals surface area (Å²) in [5, 5.41) is 1.05. The Bertz CT molecular complexity index is 1060. The van der Waals surface area contributed by atoms with E-state index in [9.17, 15) is 4.57 Å². The Morgan fingerprint density at radius 2 is 1.52 bits per heavy atom. The van der Waals surface area contributed by atoms with E-state index >= 15 is 0 Å². The Morgan fingerprint density at radius 3 is 2.33 bits per heavy atom. The highest BCUT2D eigenvalue weighted by atomic mass is 31.1. The minimum Gasteiger partial charge on any atom is -0.0678 e. The smallest absolute Gasteiger partial charge is 0.0678 e. The molecule has 2 aromatic rings. The van der Waals surface area contributed by atoms with Gasteiger partial charge in [-0.15, -0.1) is 0 Å². The van der Waals surface area contributed by atoms with Crippen LogP contribution in [-0.4, -0.2) is 5.66 Å².